The number of benzene rings is 3. The number of halogens is 2. The largest absolute Gasteiger partial charge is 0.445 e. The average molecular weight is 553 g/mol. The Balaban J connectivity index is 1.18. The van der Waals surface area contributed by atoms with Crippen LogP contribution in [0.15, 0.2) is 83.8 Å². The summed E-state index contributed by atoms with van der Waals surface area (Å²) in [5.41, 5.74) is 1.86. The van der Waals surface area contributed by atoms with Crippen LogP contribution < -0.4 is 4.31 Å². The lowest BCUT2D eigenvalue weighted by molar-refractivity contribution is -0.0286. The number of hydrogen-bond acceptors (Lipinski definition) is 4. The highest BCUT2D eigenvalue weighted by Crippen LogP contribution is 2.51. The van der Waals surface area contributed by atoms with Gasteiger partial charge in [0.25, 0.3) is 15.9 Å². The van der Waals surface area contributed by atoms with Crippen molar-refractivity contribution in [3.63, 3.8) is 0 Å². The molecular weight excluding hydrogens is 522 g/mol. The lowest BCUT2D eigenvalue weighted by Crippen LogP contribution is -2.47. The summed E-state index contributed by atoms with van der Waals surface area (Å²) in [5, 5.41) is 0. The van der Waals surface area contributed by atoms with E-state index in [0.717, 1.165) is 11.1 Å². The summed E-state index contributed by atoms with van der Waals surface area (Å²) >= 11 is 0. The second-order valence-corrected chi connectivity index (χ2v) is 12.6. The summed E-state index contributed by atoms with van der Waals surface area (Å²) in [7, 11) is -3.98. The van der Waals surface area contributed by atoms with Crippen LogP contribution in [0.3, 0.4) is 0 Å². The molecule has 0 atom stereocenters. The SMILES string of the molecule is O=C(OCc1ccccc1)N1CCC2(CC1)CN(S(=O)(=O)c1ccc(C(F)(F)C3CC3)cc1)c1ccccc12. The minimum Gasteiger partial charge on any atom is -0.445 e. The Morgan fingerprint density at radius 2 is 1.56 bits per heavy atom. The van der Waals surface area contributed by atoms with Gasteiger partial charge in [-0.05, 0) is 55.0 Å². The van der Waals surface area contributed by atoms with Gasteiger partial charge in [-0.1, -0.05) is 60.7 Å². The number of nitrogens with zero attached hydrogens (tertiary/aromatic N) is 2. The summed E-state index contributed by atoms with van der Waals surface area (Å²) < 4.78 is 63.5. The van der Waals surface area contributed by atoms with Gasteiger partial charge in [-0.2, -0.15) is 0 Å². The van der Waals surface area contributed by atoms with Crippen LogP contribution in [0, 0.1) is 5.92 Å². The van der Waals surface area contributed by atoms with Gasteiger partial charge in [0.15, 0.2) is 0 Å². The molecule has 3 aromatic rings. The zero-order chi connectivity index (χ0) is 27.3. The Labute approximate surface area is 227 Å². The third-order valence-corrected chi connectivity index (χ3v) is 10.1. The van der Waals surface area contributed by atoms with E-state index >= 15 is 0 Å². The molecule has 39 heavy (non-hydrogen) atoms. The number of piperidine rings is 1. The molecule has 3 aliphatic rings. The average Bonchev–Trinajstić information content (AvgIpc) is 3.78. The first-order valence-corrected chi connectivity index (χ1v) is 14.7. The van der Waals surface area contributed by atoms with E-state index in [1.54, 1.807) is 17.0 Å². The molecule has 0 bridgehead atoms. The van der Waals surface area contributed by atoms with Crippen LogP contribution in [-0.2, 0) is 32.7 Å². The molecule has 0 unspecified atom stereocenters. The van der Waals surface area contributed by atoms with E-state index in [4.69, 9.17) is 4.74 Å². The number of carbonyl (C=O) groups excluding carboxylic acids is 1. The van der Waals surface area contributed by atoms with Crippen molar-refractivity contribution in [1.82, 2.24) is 4.90 Å². The Kier molecular flexibility index (Phi) is 6.37. The fourth-order valence-electron chi connectivity index (χ4n) is 5.81. The predicted octanol–water partition coefficient (Wildman–Crippen LogP) is 6.07. The molecule has 6 nitrogen and oxygen atoms in total. The first kappa shape index (κ1) is 25.8. The number of fused-ring (bicyclic) bond motifs is 2. The summed E-state index contributed by atoms with van der Waals surface area (Å²) in [6.45, 7) is 1.32. The number of carbonyl (C=O) groups is 1. The number of para-hydroxylation sites is 1. The molecule has 0 radical (unpaired) electrons. The second-order valence-electron chi connectivity index (χ2n) is 10.8. The van der Waals surface area contributed by atoms with Crippen LogP contribution in [0.4, 0.5) is 19.3 Å². The Bertz CT molecular complexity index is 1470. The molecule has 6 rings (SSSR count). The van der Waals surface area contributed by atoms with Crippen LogP contribution in [0.25, 0.3) is 0 Å². The lowest BCUT2D eigenvalue weighted by atomic mass is 9.74. The van der Waals surface area contributed by atoms with Gasteiger partial charge in [-0.15, -0.1) is 0 Å². The van der Waals surface area contributed by atoms with Gasteiger partial charge in [0.05, 0.1) is 10.6 Å². The molecule has 1 saturated heterocycles. The maximum absolute atomic E-state index is 14.5. The van der Waals surface area contributed by atoms with E-state index < -0.39 is 27.3 Å². The summed E-state index contributed by atoms with van der Waals surface area (Å²) in [6.07, 6.45) is 1.77. The minimum atomic E-state index is -3.98. The molecule has 2 aliphatic heterocycles. The zero-order valence-corrected chi connectivity index (χ0v) is 22.2. The van der Waals surface area contributed by atoms with Crippen LogP contribution in [0.2, 0.25) is 0 Å². The van der Waals surface area contributed by atoms with Crippen molar-refractivity contribution < 1.29 is 26.7 Å². The molecule has 9 heteroatoms. The quantitative estimate of drug-likeness (QED) is 0.373. The topological polar surface area (TPSA) is 66.9 Å². The summed E-state index contributed by atoms with van der Waals surface area (Å²) in [5.74, 6) is -3.60. The number of rotatable bonds is 6. The molecule has 204 valence electrons. The number of anilines is 1. The molecule has 1 spiro atoms. The molecular formula is C30H30F2N2O4S. The highest BCUT2D eigenvalue weighted by Gasteiger charge is 2.50. The van der Waals surface area contributed by atoms with Crippen LogP contribution in [-0.4, -0.2) is 39.0 Å². The van der Waals surface area contributed by atoms with E-state index in [-0.39, 0.29) is 29.7 Å². The molecule has 0 N–H and O–H groups in total. The van der Waals surface area contributed by atoms with Crippen molar-refractivity contribution in [2.45, 2.75) is 48.5 Å². The number of hydrogen-bond donors (Lipinski definition) is 0. The molecule has 0 aromatic heterocycles. The third kappa shape index (κ3) is 4.67. The smallest absolute Gasteiger partial charge is 0.410 e. The number of alkyl halides is 2. The summed E-state index contributed by atoms with van der Waals surface area (Å²) in [4.78, 5) is 14.4. The van der Waals surface area contributed by atoms with Crippen molar-refractivity contribution >= 4 is 21.8 Å². The predicted molar refractivity (Wildman–Crippen MR) is 143 cm³/mol. The first-order valence-electron chi connectivity index (χ1n) is 13.3. The third-order valence-electron chi connectivity index (χ3n) is 8.29. The van der Waals surface area contributed by atoms with Gasteiger partial charge in [-0.3, -0.25) is 4.31 Å². The van der Waals surface area contributed by atoms with Crippen molar-refractivity contribution in [3.05, 3.63) is 95.6 Å². The minimum absolute atomic E-state index is 0.00775. The number of amides is 1. The molecule has 2 heterocycles. The van der Waals surface area contributed by atoms with Crippen molar-refractivity contribution in [3.8, 4) is 0 Å². The highest BCUT2D eigenvalue weighted by molar-refractivity contribution is 7.92. The van der Waals surface area contributed by atoms with Crippen LogP contribution in [0.5, 0.6) is 0 Å². The molecule has 1 saturated carbocycles. The van der Waals surface area contributed by atoms with Crippen molar-refractivity contribution in [1.29, 1.82) is 0 Å². The van der Waals surface area contributed by atoms with E-state index in [9.17, 15) is 22.0 Å². The van der Waals surface area contributed by atoms with Gasteiger partial charge < -0.3 is 9.64 Å². The zero-order valence-electron chi connectivity index (χ0n) is 21.4. The first-order chi connectivity index (χ1) is 18.7. The maximum Gasteiger partial charge on any atom is 0.410 e. The van der Waals surface area contributed by atoms with Gasteiger partial charge >= 0.3 is 6.09 Å². The van der Waals surface area contributed by atoms with Crippen LogP contribution >= 0.6 is 0 Å². The number of sulfonamides is 1. The standard InChI is InChI=1S/C30H30F2N2O4S/c31-30(32,23-10-11-23)24-12-14-25(15-13-24)39(36,37)34-21-29(26-8-4-5-9-27(26)34)16-18-33(19-17-29)28(35)38-20-22-6-2-1-3-7-22/h1-9,12-15,23H,10-11,16-21H2. The van der Waals surface area contributed by atoms with Crippen molar-refractivity contribution in [2.24, 2.45) is 5.92 Å². The second kappa shape index (κ2) is 9.62. The highest BCUT2D eigenvalue weighted by atomic mass is 32.2. The monoisotopic (exact) mass is 552 g/mol. The molecule has 2 fully saturated rings. The van der Waals surface area contributed by atoms with E-state index in [1.165, 1.54) is 28.6 Å². The fourth-order valence-corrected chi connectivity index (χ4v) is 7.38. The molecule has 1 aliphatic carbocycles. The number of ether oxygens (including phenoxy) is 1. The molecule has 3 aromatic carbocycles. The molecule has 1 amide bonds. The van der Waals surface area contributed by atoms with E-state index in [2.05, 4.69) is 0 Å². The van der Waals surface area contributed by atoms with Crippen LogP contribution in [0.1, 0.15) is 42.4 Å². The van der Waals surface area contributed by atoms with Crippen molar-refractivity contribution in [2.75, 3.05) is 23.9 Å². The Morgan fingerprint density at radius 1 is 0.923 bits per heavy atom. The van der Waals surface area contributed by atoms with Gasteiger partial charge in [0.1, 0.15) is 6.61 Å². The van der Waals surface area contributed by atoms with E-state index in [1.807, 2.05) is 42.5 Å². The summed E-state index contributed by atoms with van der Waals surface area (Å²) in [6, 6.07) is 22.0. The number of likely N-dealkylation sites (tertiary alicyclic amines) is 1. The van der Waals surface area contributed by atoms with Gasteiger partial charge in [-0.25, -0.2) is 22.0 Å². The van der Waals surface area contributed by atoms with Gasteiger partial charge in [0, 0.05) is 36.5 Å². The fraction of sp³-hybridized carbons (Fsp3) is 0.367. The normalized spacial score (nSPS) is 18.7. The lowest BCUT2D eigenvalue weighted by Gasteiger charge is -2.39. The maximum atomic E-state index is 14.5. The Morgan fingerprint density at radius 3 is 2.23 bits per heavy atom. The Hall–Kier alpha value is -3.46. The van der Waals surface area contributed by atoms with E-state index in [0.29, 0.717) is 44.5 Å². The van der Waals surface area contributed by atoms with Gasteiger partial charge in [0.2, 0.25) is 0 Å².